The Hall–Kier alpha value is -4.47. The lowest BCUT2D eigenvalue weighted by atomic mass is 10.0. The Morgan fingerprint density at radius 2 is 2.17 bits per heavy atom. The topological polar surface area (TPSA) is 132 Å². The third-order valence-electron chi connectivity index (χ3n) is 5.62. The van der Waals surface area contributed by atoms with Gasteiger partial charge in [-0.3, -0.25) is 0 Å². The standard InChI is InChI=1S/C25H27N7O3/c1-16-4-5-19(23-30-24(35-31-23)20-14-32(15-20)25(33)34-3)12-17(16)6-10-28-22-13-18(7-11-29-22)21(26)8-9-27-2/h4-13,20,26-27H,14-15H2,1-3H3,(H,28,29)/b9-8-,10-6+,26-21?. The molecule has 0 saturated carbocycles. The Labute approximate surface area is 202 Å². The smallest absolute Gasteiger partial charge is 0.409 e. The Morgan fingerprint density at radius 3 is 2.94 bits per heavy atom. The lowest BCUT2D eigenvalue weighted by Crippen LogP contribution is -2.48. The van der Waals surface area contributed by atoms with Crippen molar-refractivity contribution in [1.29, 1.82) is 5.41 Å². The number of ether oxygens (including phenoxy) is 1. The molecule has 3 N–H and O–H groups in total. The summed E-state index contributed by atoms with van der Waals surface area (Å²) in [5.74, 6) is 1.02. The summed E-state index contributed by atoms with van der Waals surface area (Å²) >= 11 is 0. The quantitative estimate of drug-likeness (QED) is 0.452. The van der Waals surface area contributed by atoms with Crippen LogP contribution in [0, 0.1) is 12.3 Å². The monoisotopic (exact) mass is 473 g/mol. The summed E-state index contributed by atoms with van der Waals surface area (Å²) in [6.07, 6.45) is 8.43. The van der Waals surface area contributed by atoms with E-state index in [9.17, 15) is 4.79 Å². The number of aryl methyl sites for hydroxylation is 1. The lowest BCUT2D eigenvalue weighted by molar-refractivity contribution is 0.0804. The number of carbonyl (C=O) groups is 1. The van der Waals surface area contributed by atoms with Gasteiger partial charge in [0, 0.05) is 43.7 Å². The second kappa shape index (κ2) is 10.6. The highest BCUT2D eigenvalue weighted by Gasteiger charge is 2.36. The van der Waals surface area contributed by atoms with Gasteiger partial charge in [-0.1, -0.05) is 17.3 Å². The van der Waals surface area contributed by atoms with Crippen molar-refractivity contribution in [1.82, 2.24) is 25.3 Å². The van der Waals surface area contributed by atoms with E-state index in [1.807, 2.05) is 43.3 Å². The van der Waals surface area contributed by atoms with Crippen molar-refractivity contribution in [2.75, 3.05) is 27.2 Å². The second-order valence-electron chi connectivity index (χ2n) is 8.04. The number of aromatic amines is 1. The first-order chi connectivity index (χ1) is 17.0. The highest BCUT2D eigenvalue weighted by molar-refractivity contribution is 6.06. The Kier molecular flexibility index (Phi) is 7.20. The fourth-order valence-electron chi connectivity index (χ4n) is 3.55. The molecule has 4 rings (SSSR count). The highest BCUT2D eigenvalue weighted by Crippen LogP contribution is 2.28. The molecule has 0 aliphatic carbocycles. The number of hydrogen-bond donors (Lipinski definition) is 3. The molecule has 180 valence electrons. The number of H-pyrrole nitrogens is 1. The van der Waals surface area contributed by atoms with Gasteiger partial charge in [0.1, 0.15) is 5.49 Å². The predicted molar refractivity (Wildman–Crippen MR) is 132 cm³/mol. The van der Waals surface area contributed by atoms with Crippen LogP contribution in [0.1, 0.15) is 28.5 Å². The molecule has 1 aliphatic heterocycles. The van der Waals surface area contributed by atoms with Gasteiger partial charge < -0.3 is 29.9 Å². The number of pyridine rings is 1. The molecule has 1 amide bonds. The van der Waals surface area contributed by atoms with E-state index < -0.39 is 0 Å². The maximum Gasteiger partial charge on any atom is 0.409 e. The molecular weight excluding hydrogens is 446 g/mol. The predicted octanol–water partition coefficient (Wildman–Crippen LogP) is 3.21. The second-order valence-corrected chi connectivity index (χ2v) is 8.04. The van der Waals surface area contributed by atoms with E-state index in [1.54, 1.807) is 36.6 Å². The minimum atomic E-state index is -0.352. The highest BCUT2D eigenvalue weighted by atomic mass is 16.5. The molecule has 2 aromatic heterocycles. The Balaban J connectivity index is 1.48. The van der Waals surface area contributed by atoms with Crippen LogP contribution >= 0.6 is 0 Å². The van der Waals surface area contributed by atoms with Crippen LogP contribution in [0.25, 0.3) is 17.5 Å². The number of methoxy groups -OCH3 is 1. The average Bonchev–Trinajstić information content (AvgIpc) is 3.32. The van der Waals surface area contributed by atoms with E-state index in [1.165, 1.54) is 7.11 Å². The van der Waals surface area contributed by atoms with E-state index in [4.69, 9.17) is 14.7 Å². The van der Waals surface area contributed by atoms with Crippen molar-refractivity contribution in [3.63, 3.8) is 0 Å². The molecule has 10 heteroatoms. The van der Waals surface area contributed by atoms with Gasteiger partial charge in [-0.15, -0.1) is 0 Å². The first-order valence-corrected chi connectivity index (χ1v) is 11.1. The van der Waals surface area contributed by atoms with Crippen LogP contribution in [0.3, 0.4) is 0 Å². The van der Waals surface area contributed by atoms with E-state index in [-0.39, 0.29) is 12.0 Å². The fraction of sp³-hybridized carbons (Fsp3) is 0.240. The number of allylic oxidation sites excluding steroid dienone is 1. The van der Waals surface area contributed by atoms with Gasteiger partial charge in [-0.25, -0.2) is 9.79 Å². The normalized spacial score (nSPS) is 14.5. The number of hydrogen-bond acceptors (Lipinski definition) is 8. The van der Waals surface area contributed by atoms with Crippen molar-refractivity contribution >= 4 is 17.9 Å². The minimum Gasteiger partial charge on any atom is -0.453 e. The summed E-state index contributed by atoms with van der Waals surface area (Å²) in [5.41, 5.74) is 4.66. The summed E-state index contributed by atoms with van der Waals surface area (Å²) in [7, 11) is 3.15. The molecule has 10 nitrogen and oxygen atoms in total. The zero-order chi connectivity index (χ0) is 24.8. The first-order valence-electron chi connectivity index (χ1n) is 11.1. The molecule has 1 aliphatic rings. The largest absolute Gasteiger partial charge is 0.453 e. The summed E-state index contributed by atoms with van der Waals surface area (Å²) in [4.78, 5) is 25.2. The molecule has 0 unspecified atom stereocenters. The summed E-state index contributed by atoms with van der Waals surface area (Å²) in [5, 5.41) is 15.1. The molecule has 0 atom stereocenters. The maximum absolute atomic E-state index is 11.5. The number of amides is 1. The molecule has 3 heterocycles. The molecule has 35 heavy (non-hydrogen) atoms. The Morgan fingerprint density at radius 1 is 1.34 bits per heavy atom. The van der Waals surface area contributed by atoms with Gasteiger partial charge in [-0.2, -0.15) is 4.98 Å². The van der Waals surface area contributed by atoms with Gasteiger partial charge in [0.25, 0.3) is 0 Å². The molecule has 3 aromatic rings. The Bertz CT molecular complexity index is 1350. The van der Waals surface area contributed by atoms with Gasteiger partial charge >= 0.3 is 6.09 Å². The molecule has 0 spiro atoms. The van der Waals surface area contributed by atoms with E-state index in [0.717, 1.165) is 22.3 Å². The van der Waals surface area contributed by atoms with Crippen molar-refractivity contribution in [2.45, 2.75) is 12.8 Å². The zero-order valence-corrected chi connectivity index (χ0v) is 19.8. The van der Waals surface area contributed by atoms with Crippen molar-refractivity contribution in [2.24, 2.45) is 4.99 Å². The SMILES string of the molecule is CN/C=C\C(=N)c1cc[nH]/c(=N\C=C\c2cc(-c3noc(C4CN(C(=O)OC)C4)n3)ccc2C)c1. The van der Waals surface area contributed by atoms with Gasteiger partial charge in [0.2, 0.25) is 11.7 Å². The number of carbonyl (C=O) groups excluding carboxylic acids is 1. The number of rotatable bonds is 7. The average molecular weight is 474 g/mol. The third-order valence-corrected chi connectivity index (χ3v) is 5.62. The molecule has 0 radical (unpaired) electrons. The number of likely N-dealkylation sites (tertiary alicyclic amines) is 1. The summed E-state index contributed by atoms with van der Waals surface area (Å²) in [6.45, 7) is 3.02. The number of benzene rings is 1. The van der Waals surface area contributed by atoms with Crippen LogP contribution in [0.15, 0.2) is 64.5 Å². The van der Waals surface area contributed by atoms with Crippen molar-refractivity contribution < 1.29 is 14.1 Å². The van der Waals surface area contributed by atoms with Crippen LogP contribution in [0.5, 0.6) is 0 Å². The summed E-state index contributed by atoms with van der Waals surface area (Å²) in [6, 6.07) is 9.57. The zero-order valence-electron chi connectivity index (χ0n) is 19.8. The summed E-state index contributed by atoms with van der Waals surface area (Å²) < 4.78 is 10.2. The maximum atomic E-state index is 11.5. The molecule has 1 fully saturated rings. The van der Waals surface area contributed by atoms with Gasteiger partial charge in [0.05, 0.1) is 18.7 Å². The molecule has 1 aromatic carbocycles. The van der Waals surface area contributed by atoms with Crippen molar-refractivity contribution in [3.8, 4) is 11.4 Å². The third kappa shape index (κ3) is 5.55. The van der Waals surface area contributed by atoms with Crippen LogP contribution in [-0.4, -0.2) is 59.1 Å². The van der Waals surface area contributed by atoms with Gasteiger partial charge in [0.15, 0.2) is 0 Å². The number of nitrogens with one attached hydrogen (secondary N) is 3. The van der Waals surface area contributed by atoms with Crippen LogP contribution in [0.2, 0.25) is 0 Å². The minimum absolute atomic E-state index is 0.0150. The number of nitrogens with zero attached hydrogens (tertiary/aromatic N) is 4. The lowest BCUT2D eigenvalue weighted by Gasteiger charge is -2.35. The van der Waals surface area contributed by atoms with Crippen molar-refractivity contribution in [3.05, 3.63) is 83.1 Å². The van der Waals surface area contributed by atoms with E-state index >= 15 is 0 Å². The molecular formula is C25H27N7O3. The van der Waals surface area contributed by atoms with E-state index in [0.29, 0.717) is 36.0 Å². The van der Waals surface area contributed by atoms with Crippen LogP contribution < -0.4 is 10.8 Å². The van der Waals surface area contributed by atoms with Gasteiger partial charge in [-0.05, 0) is 54.6 Å². The number of aromatic nitrogens is 3. The molecule has 1 saturated heterocycles. The molecule has 0 bridgehead atoms. The van der Waals surface area contributed by atoms with E-state index in [2.05, 4.69) is 25.4 Å². The van der Waals surface area contributed by atoms with Crippen LogP contribution in [-0.2, 0) is 4.74 Å². The van der Waals surface area contributed by atoms with Crippen LogP contribution in [0.4, 0.5) is 4.79 Å². The first kappa shape index (κ1) is 23.7. The fourth-order valence-corrected chi connectivity index (χ4v) is 3.55.